The number of hydrogen-bond donors (Lipinski definition) is 2. The molecular formula is C14H18N4O. The molecule has 5 nitrogen and oxygen atoms in total. The van der Waals surface area contributed by atoms with Gasteiger partial charge in [0.25, 0.3) is 5.91 Å². The molecule has 0 saturated carbocycles. The number of hydrogen-bond acceptors (Lipinski definition) is 3. The normalized spacial score (nSPS) is 10.5. The highest BCUT2D eigenvalue weighted by atomic mass is 16.2. The summed E-state index contributed by atoms with van der Waals surface area (Å²) in [7, 11) is 0. The van der Waals surface area contributed by atoms with Crippen molar-refractivity contribution in [3.05, 3.63) is 41.2 Å². The summed E-state index contributed by atoms with van der Waals surface area (Å²) in [5, 5.41) is 6.91. The number of aryl methyl sites for hydroxylation is 3. The van der Waals surface area contributed by atoms with E-state index in [2.05, 4.69) is 10.4 Å². The minimum atomic E-state index is -0.236. The number of nitrogen functional groups attached to an aromatic ring is 1. The molecule has 0 saturated heterocycles. The molecule has 1 heterocycles. The van der Waals surface area contributed by atoms with Crippen LogP contribution in [-0.4, -0.2) is 15.7 Å². The molecule has 0 radical (unpaired) electrons. The Morgan fingerprint density at radius 2 is 2.11 bits per heavy atom. The first-order valence-corrected chi connectivity index (χ1v) is 6.22. The minimum Gasteiger partial charge on any atom is -0.396 e. The summed E-state index contributed by atoms with van der Waals surface area (Å²) in [4.78, 5) is 12.2. The number of benzene rings is 1. The van der Waals surface area contributed by atoms with Crippen molar-refractivity contribution in [2.24, 2.45) is 0 Å². The van der Waals surface area contributed by atoms with Crippen molar-refractivity contribution >= 4 is 17.3 Å². The molecular weight excluding hydrogens is 240 g/mol. The number of rotatable bonds is 3. The van der Waals surface area contributed by atoms with Crippen LogP contribution in [0.25, 0.3) is 0 Å². The second kappa shape index (κ2) is 5.14. The Bertz CT molecular complexity index is 616. The largest absolute Gasteiger partial charge is 0.396 e. The maximum atomic E-state index is 12.2. The lowest BCUT2D eigenvalue weighted by molar-refractivity contribution is 0.101. The van der Waals surface area contributed by atoms with Crippen LogP contribution in [0.3, 0.4) is 0 Å². The molecule has 0 unspecified atom stereocenters. The smallest absolute Gasteiger partial charge is 0.276 e. The standard InChI is InChI=1S/C14H18N4O/c1-4-18-13(12(15)8-16-18)14(19)17-11-6-5-9(2)10(3)7-11/h5-8H,4,15H2,1-3H3,(H,17,19). The van der Waals surface area contributed by atoms with Crippen LogP contribution in [0.4, 0.5) is 11.4 Å². The van der Waals surface area contributed by atoms with Crippen molar-refractivity contribution in [1.29, 1.82) is 0 Å². The fourth-order valence-electron chi connectivity index (χ4n) is 1.90. The van der Waals surface area contributed by atoms with Crippen molar-refractivity contribution in [1.82, 2.24) is 9.78 Å². The summed E-state index contributed by atoms with van der Waals surface area (Å²) in [6.45, 7) is 6.56. The predicted octanol–water partition coefficient (Wildman–Crippen LogP) is 2.35. The number of amides is 1. The fraction of sp³-hybridized carbons (Fsp3) is 0.286. The topological polar surface area (TPSA) is 72.9 Å². The molecule has 19 heavy (non-hydrogen) atoms. The van der Waals surface area contributed by atoms with Gasteiger partial charge in [0.2, 0.25) is 0 Å². The number of nitrogens with zero attached hydrogens (tertiary/aromatic N) is 2. The van der Waals surface area contributed by atoms with Crippen LogP contribution < -0.4 is 11.1 Å². The van der Waals surface area contributed by atoms with Crippen LogP contribution in [0.1, 0.15) is 28.5 Å². The Balaban J connectivity index is 2.25. The van der Waals surface area contributed by atoms with Gasteiger partial charge in [0.15, 0.2) is 0 Å². The maximum absolute atomic E-state index is 12.2. The van der Waals surface area contributed by atoms with Crippen molar-refractivity contribution in [3.8, 4) is 0 Å². The summed E-state index contributed by atoms with van der Waals surface area (Å²) < 4.78 is 1.59. The van der Waals surface area contributed by atoms with Gasteiger partial charge in [-0.3, -0.25) is 9.48 Å². The second-order valence-corrected chi connectivity index (χ2v) is 4.52. The molecule has 1 aromatic carbocycles. The zero-order chi connectivity index (χ0) is 14.0. The molecule has 0 spiro atoms. The van der Waals surface area contributed by atoms with Gasteiger partial charge in [-0.15, -0.1) is 0 Å². The first kappa shape index (κ1) is 13.1. The number of aromatic nitrogens is 2. The van der Waals surface area contributed by atoms with Gasteiger partial charge in [0.05, 0.1) is 11.9 Å². The zero-order valence-electron chi connectivity index (χ0n) is 11.4. The molecule has 0 aliphatic carbocycles. The highest BCUT2D eigenvalue weighted by Gasteiger charge is 2.16. The average Bonchev–Trinajstić information content (AvgIpc) is 2.75. The summed E-state index contributed by atoms with van der Waals surface area (Å²) in [6, 6.07) is 5.80. The van der Waals surface area contributed by atoms with Gasteiger partial charge in [-0.25, -0.2) is 0 Å². The highest BCUT2D eigenvalue weighted by molar-refractivity contribution is 6.06. The van der Waals surface area contributed by atoms with Crippen molar-refractivity contribution in [3.63, 3.8) is 0 Å². The Hall–Kier alpha value is -2.30. The fourth-order valence-corrected chi connectivity index (χ4v) is 1.90. The third-order valence-electron chi connectivity index (χ3n) is 3.15. The lowest BCUT2D eigenvalue weighted by Gasteiger charge is -2.09. The predicted molar refractivity (Wildman–Crippen MR) is 76.2 cm³/mol. The number of carbonyl (C=O) groups is 1. The Morgan fingerprint density at radius 3 is 2.74 bits per heavy atom. The summed E-state index contributed by atoms with van der Waals surface area (Å²) >= 11 is 0. The van der Waals surface area contributed by atoms with Gasteiger partial charge in [-0.05, 0) is 44.0 Å². The average molecular weight is 258 g/mol. The number of anilines is 2. The van der Waals surface area contributed by atoms with Gasteiger partial charge in [-0.2, -0.15) is 5.10 Å². The molecule has 1 amide bonds. The Kier molecular flexibility index (Phi) is 3.55. The van der Waals surface area contributed by atoms with Crippen LogP contribution in [0.5, 0.6) is 0 Å². The van der Waals surface area contributed by atoms with E-state index in [4.69, 9.17) is 5.73 Å². The zero-order valence-corrected chi connectivity index (χ0v) is 11.4. The van der Waals surface area contributed by atoms with E-state index in [1.165, 1.54) is 11.8 Å². The van der Waals surface area contributed by atoms with Crippen LogP contribution in [0.15, 0.2) is 24.4 Å². The maximum Gasteiger partial charge on any atom is 0.276 e. The van der Waals surface area contributed by atoms with E-state index >= 15 is 0 Å². The third kappa shape index (κ3) is 2.59. The summed E-state index contributed by atoms with van der Waals surface area (Å²) in [5.74, 6) is -0.236. The molecule has 3 N–H and O–H groups in total. The second-order valence-electron chi connectivity index (χ2n) is 4.52. The van der Waals surface area contributed by atoms with Crippen LogP contribution >= 0.6 is 0 Å². The molecule has 0 fully saturated rings. The number of nitrogens with two attached hydrogens (primary N) is 1. The van der Waals surface area contributed by atoms with Gasteiger partial charge in [0.1, 0.15) is 5.69 Å². The van der Waals surface area contributed by atoms with Crippen LogP contribution in [0.2, 0.25) is 0 Å². The lowest BCUT2D eigenvalue weighted by atomic mass is 10.1. The molecule has 0 aliphatic rings. The molecule has 100 valence electrons. The molecule has 2 aromatic rings. The number of nitrogens with one attached hydrogen (secondary N) is 1. The molecule has 1 aromatic heterocycles. The van der Waals surface area contributed by atoms with Crippen LogP contribution in [0, 0.1) is 13.8 Å². The SMILES string of the molecule is CCn1ncc(N)c1C(=O)Nc1ccc(C)c(C)c1. The molecule has 0 bridgehead atoms. The van der Waals surface area contributed by atoms with E-state index in [1.807, 2.05) is 39.0 Å². The highest BCUT2D eigenvalue weighted by Crippen LogP contribution is 2.17. The van der Waals surface area contributed by atoms with Crippen molar-refractivity contribution in [2.45, 2.75) is 27.3 Å². The van der Waals surface area contributed by atoms with Gasteiger partial charge in [0, 0.05) is 12.2 Å². The van der Waals surface area contributed by atoms with E-state index in [0.29, 0.717) is 17.9 Å². The van der Waals surface area contributed by atoms with Gasteiger partial charge >= 0.3 is 0 Å². The molecule has 0 aliphatic heterocycles. The monoisotopic (exact) mass is 258 g/mol. The van der Waals surface area contributed by atoms with Crippen molar-refractivity contribution in [2.75, 3.05) is 11.1 Å². The van der Waals surface area contributed by atoms with E-state index in [9.17, 15) is 4.79 Å². The van der Waals surface area contributed by atoms with E-state index in [-0.39, 0.29) is 5.91 Å². The van der Waals surface area contributed by atoms with Gasteiger partial charge in [-0.1, -0.05) is 6.07 Å². The Morgan fingerprint density at radius 1 is 1.37 bits per heavy atom. The summed E-state index contributed by atoms with van der Waals surface area (Å²) in [6.07, 6.45) is 1.50. The molecule has 2 rings (SSSR count). The first-order chi connectivity index (χ1) is 9.02. The van der Waals surface area contributed by atoms with E-state index < -0.39 is 0 Å². The van der Waals surface area contributed by atoms with Crippen LogP contribution in [-0.2, 0) is 6.54 Å². The minimum absolute atomic E-state index is 0.236. The first-order valence-electron chi connectivity index (χ1n) is 6.22. The Labute approximate surface area is 112 Å². The molecule has 5 heteroatoms. The lowest BCUT2D eigenvalue weighted by Crippen LogP contribution is -2.18. The van der Waals surface area contributed by atoms with Gasteiger partial charge < -0.3 is 11.1 Å². The van der Waals surface area contributed by atoms with E-state index in [0.717, 1.165) is 11.3 Å². The van der Waals surface area contributed by atoms with E-state index in [1.54, 1.807) is 4.68 Å². The third-order valence-corrected chi connectivity index (χ3v) is 3.15. The summed E-state index contributed by atoms with van der Waals surface area (Å²) in [5.41, 5.74) is 9.66. The van der Waals surface area contributed by atoms with Crippen molar-refractivity contribution < 1.29 is 4.79 Å². The number of carbonyl (C=O) groups excluding carboxylic acids is 1. The molecule has 0 atom stereocenters. The quantitative estimate of drug-likeness (QED) is 0.887.